The van der Waals surface area contributed by atoms with Crippen LogP contribution in [0.2, 0.25) is 5.02 Å². The molecule has 0 aliphatic carbocycles. The molecule has 2 rings (SSSR count). The third-order valence-corrected chi connectivity index (χ3v) is 2.92. The Kier molecular flexibility index (Phi) is 4.79. The van der Waals surface area contributed by atoms with E-state index in [0.717, 1.165) is 0 Å². The number of nitrogens with one attached hydrogen (secondary N) is 1. The van der Waals surface area contributed by atoms with Crippen molar-refractivity contribution in [2.75, 3.05) is 17.7 Å². The van der Waals surface area contributed by atoms with Gasteiger partial charge in [0.2, 0.25) is 0 Å². The Balaban J connectivity index is 1.90. The average Bonchev–Trinajstić information content (AvgIpc) is 2.46. The topological polar surface area (TPSA) is 81.4 Å². The summed E-state index contributed by atoms with van der Waals surface area (Å²) in [7, 11) is 0. The second kappa shape index (κ2) is 6.76. The SMILES string of the molecule is Nc1ccc(C(=O)OCC(=O)Nc2ccccc2)c(Cl)c1. The van der Waals surface area contributed by atoms with Gasteiger partial charge in [-0.05, 0) is 30.3 Å². The number of rotatable bonds is 4. The molecule has 0 saturated heterocycles. The highest BCUT2D eigenvalue weighted by Crippen LogP contribution is 2.19. The second-order valence-electron chi connectivity index (χ2n) is 4.23. The zero-order chi connectivity index (χ0) is 15.2. The van der Waals surface area contributed by atoms with Gasteiger partial charge < -0.3 is 15.8 Å². The molecule has 1 amide bonds. The van der Waals surface area contributed by atoms with Gasteiger partial charge >= 0.3 is 5.97 Å². The number of hydrogen-bond acceptors (Lipinski definition) is 4. The fraction of sp³-hybridized carbons (Fsp3) is 0.0667. The van der Waals surface area contributed by atoms with Gasteiger partial charge in [0.15, 0.2) is 6.61 Å². The molecule has 0 fully saturated rings. The molecular weight excluding hydrogens is 292 g/mol. The number of ether oxygens (including phenoxy) is 1. The fourth-order valence-corrected chi connectivity index (χ4v) is 1.89. The molecule has 0 bridgehead atoms. The number of para-hydroxylation sites is 1. The predicted molar refractivity (Wildman–Crippen MR) is 81.2 cm³/mol. The van der Waals surface area contributed by atoms with Crippen molar-refractivity contribution >= 4 is 34.9 Å². The average molecular weight is 305 g/mol. The number of benzene rings is 2. The standard InChI is InChI=1S/C15H13ClN2O3/c16-13-8-10(17)6-7-12(13)15(20)21-9-14(19)18-11-4-2-1-3-5-11/h1-8H,9,17H2,(H,18,19). The maximum absolute atomic E-state index is 11.8. The number of hydrogen-bond donors (Lipinski definition) is 2. The molecule has 108 valence electrons. The van der Waals surface area contributed by atoms with E-state index >= 15 is 0 Å². The maximum Gasteiger partial charge on any atom is 0.340 e. The molecular formula is C15H13ClN2O3. The molecule has 0 aliphatic heterocycles. The van der Waals surface area contributed by atoms with Crippen molar-refractivity contribution in [3.63, 3.8) is 0 Å². The first-order chi connectivity index (χ1) is 10.1. The zero-order valence-corrected chi connectivity index (χ0v) is 11.8. The summed E-state index contributed by atoms with van der Waals surface area (Å²) in [5, 5.41) is 2.79. The van der Waals surface area contributed by atoms with Crippen molar-refractivity contribution in [2.45, 2.75) is 0 Å². The van der Waals surface area contributed by atoms with Crippen LogP contribution in [0, 0.1) is 0 Å². The van der Waals surface area contributed by atoms with E-state index in [2.05, 4.69) is 5.32 Å². The van der Waals surface area contributed by atoms with Gasteiger partial charge in [-0.1, -0.05) is 29.8 Å². The lowest BCUT2D eigenvalue weighted by atomic mass is 10.2. The van der Waals surface area contributed by atoms with E-state index in [4.69, 9.17) is 22.1 Å². The molecule has 0 heterocycles. The summed E-state index contributed by atoms with van der Waals surface area (Å²) >= 11 is 5.89. The van der Waals surface area contributed by atoms with E-state index in [1.54, 1.807) is 24.3 Å². The van der Waals surface area contributed by atoms with Gasteiger partial charge in [0.05, 0.1) is 10.6 Å². The summed E-state index contributed by atoms with van der Waals surface area (Å²) in [5.74, 6) is -1.11. The monoisotopic (exact) mass is 304 g/mol. The lowest BCUT2D eigenvalue weighted by Gasteiger charge is -2.07. The van der Waals surface area contributed by atoms with Crippen LogP contribution in [0.25, 0.3) is 0 Å². The predicted octanol–water partition coefficient (Wildman–Crippen LogP) is 2.72. The number of nitrogen functional groups attached to an aromatic ring is 1. The van der Waals surface area contributed by atoms with E-state index in [-0.39, 0.29) is 10.6 Å². The molecule has 0 atom stereocenters. The van der Waals surface area contributed by atoms with Crippen molar-refractivity contribution < 1.29 is 14.3 Å². The van der Waals surface area contributed by atoms with Crippen LogP contribution in [0.3, 0.4) is 0 Å². The molecule has 0 aliphatic rings. The highest BCUT2D eigenvalue weighted by molar-refractivity contribution is 6.33. The molecule has 3 N–H and O–H groups in total. The molecule has 21 heavy (non-hydrogen) atoms. The van der Waals surface area contributed by atoms with E-state index in [9.17, 15) is 9.59 Å². The van der Waals surface area contributed by atoms with Gasteiger partial charge in [0.25, 0.3) is 5.91 Å². The third kappa shape index (κ3) is 4.22. The van der Waals surface area contributed by atoms with Gasteiger partial charge in [-0.3, -0.25) is 4.79 Å². The Morgan fingerprint density at radius 1 is 1.14 bits per heavy atom. The van der Waals surface area contributed by atoms with Crippen molar-refractivity contribution in [1.29, 1.82) is 0 Å². The number of nitrogens with two attached hydrogens (primary N) is 1. The Labute approximate surface area is 126 Å². The van der Waals surface area contributed by atoms with Crippen LogP contribution in [-0.2, 0) is 9.53 Å². The molecule has 6 heteroatoms. The van der Waals surface area contributed by atoms with Crippen molar-refractivity contribution in [3.05, 3.63) is 59.1 Å². The van der Waals surface area contributed by atoms with E-state index in [1.807, 2.05) is 6.07 Å². The summed E-state index contributed by atoms with van der Waals surface area (Å²) < 4.78 is 4.91. The van der Waals surface area contributed by atoms with E-state index < -0.39 is 18.5 Å². The van der Waals surface area contributed by atoms with E-state index in [1.165, 1.54) is 18.2 Å². The molecule has 0 aromatic heterocycles. The summed E-state index contributed by atoms with van der Waals surface area (Å²) in [6.07, 6.45) is 0. The lowest BCUT2D eigenvalue weighted by Crippen LogP contribution is -2.21. The fourth-order valence-electron chi connectivity index (χ4n) is 1.62. The third-order valence-electron chi connectivity index (χ3n) is 2.60. The van der Waals surface area contributed by atoms with Gasteiger partial charge in [0.1, 0.15) is 0 Å². The zero-order valence-electron chi connectivity index (χ0n) is 11.0. The quantitative estimate of drug-likeness (QED) is 0.672. The van der Waals surface area contributed by atoms with Crippen molar-refractivity contribution in [3.8, 4) is 0 Å². The first-order valence-electron chi connectivity index (χ1n) is 6.13. The number of amides is 1. The molecule has 0 unspecified atom stereocenters. The van der Waals surface area contributed by atoms with Gasteiger partial charge in [-0.15, -0.1) is 0 Å². The molecule has 5 nitrogen and oxygen atoms in total. The van der Waals surface area contributed by atoms with Crippen LogP contribution in [-0.4, -0.2) is 18.5 Å². The summed E-state index contributed by atoms with van der Waals surface area (Å²) in [6.45, 7) is -0.394. The number of halogens is 1. The highest BCUT2D eigenvalue weighted by atomic mass is 35.5. The Morgan fingerprint density at radius 3 is 2.52 bits per heavy atom. The minimum absolute atomic E-state index is 0.165. The van der Waals surface area contributed by atoms with Crippen LogP contribution in [0.15, 0.2) is 48.5 Å². The van der Waals surface area contributed by atoms with Crippen LogP contribution in [0.4, 0.5) is 11.4 Å². The Bertz CT molecular complexity index is 659. The van der Waals surface area contributed by atoms with Gasteiger partial charge in [-0.25, -0.2) is 4.79 Å². The first-order valence-corrected chi connectivity index (χ1v) is 6.51. The van der Waals surface area contributed by atoms with Crippen LogP contribution >= 0.6 is 11.6 Å². The van der Waals surface area contributed by atoms with Crippen LogP contribution < -0.4 is 11.1 Å². The van der Waals surface area contributed by atoms with E-state index in [0.29, 0.717) is 11.4 Å². The summed E-state index contributed by atoms with van der Waals surface area (Å²) in [4.78, 5) is 23.5. The minimum atomic E-state index is -0.678. The normalized spacial score (nSPS) is 9.95. The molecule has 0 radical (unpaired) electrons. The number of esters is 1. The smallest absolute Gasteiger partial charge is 0.340 e. The van der Waals surface area contributed by atoms with Crippen molar-refractivity contribution in [2.24, 2.45) is 0 Å². The Hall–Kier alpha value is -2.53. The number of anilines is 2. The summed E-state index contributed by atoms with van der Waals surface area (Å²) in [6, 6.07) is 13.3. The largest absolute Gasteiger partial charge is 0.452 e. The van der Waals surface area contributed by atoms with Gasteiger partial charge in [0, 0.05) is 11.4 Å². The minimum Gasteiger partial charge on any atom is -0.452 e. The molecule has 0 saturated carbocycles. The molecule has 2 aromatic rings. The van der Waals surface area contributed by atoms with Crippen molar-refractivity contribution in [1.82, 2.24) is 0 Å². The first kappa shape index (κ1) is 14.9. The number of carbonyl (C=O) groups excluding carboxylic acids is 2. The Morgan fingerprint density at radius 2 is 1.86 bits per heavy atom. The molecule has 0 spiro atoms. The maximum atomic E-state index is 11.8. The van der Waals surface area contributed by atoms with Gasteiger partial charge in [-0.2, -0.15) is 0 Å². The molecule has 2 aromatic carbocycles. The summed E-state index contributed by atoms with van der Waals surface area (Å²) in [5.41, 5.74) is 6.77. The van der Waals surface area contributed by atoms with Crippen LogP contribution in [0.5, 0.6) is 0 Å². The second-order valence-corrected chi connectivity index (χ2v) is 4.64. The lowest BCUT2D eigenvalue weighted by molar-refractivity contribution is -0.119. The van der Waals surface area contributed by atoms with Crippen LogP contribution in [0.1, 0.15) is 10.4 Å². The highest BCUT2D eigenvalue weighted by Gasteiger charge is 2.13. The number of carbonyl (C=O) groups is 2.